The van der Waals surface area contributed by atoms with E-state index in [9.17, 15) is 4.79 Å². The van der Waals surface area contributed by atoms with E-state index in [-0.39, 0.29) is 5.91 Å². The molecule has 1 aromatic heterocycles. The van der Waals surface area contributed by atoms with Crippen molar-refractivity contribution in [3.05, 3.63) is 70.3 Å². The predicted octanol–water partition coefficient (Wildman–Crippen LogP) is 4.21. The van der Waals surface area contributed by atoms with Gasteiger partial charge in [0.1, 0.15) is 0 Å². The number of fused-ring (bicyclic) bond motifs is 1. The lowest BCUT2D eigenvalue weighted by Crippen LogP contribution is -2.26. The second-order valence-corrected chi connectivity index (χ2v) is 6.37. The Kier molecular flexibility index (Phi) is 4.03. The van der Waals surface area contributed by atoms with E-state index in [2.05, 4.69) is 15.9 Å². The van der Waals surface area contributed by atoms with Gasteiger partial charge in [-0.05, 0) is 23.8 Å². The van der Waals surface area contributed by atoms with Crippen molar-refractivity contribution in [2.75, 3.05) is 7.05 Å². The molecule has 1 heterocycles. The Bertz CT molecular complexity index is 821. The van der Waals surface area contributed by atoms with Gasteiger partial charge in [0.25, 0.3) is 5.91 Å². The van der Waals surface area contributed by atoms with Gasteiger partial charge in [-0.3, -0.25) is 4.79 Å². The summed E-state index contributed by atoms with van der Waals surface area (Å²) >= 11 is 3.42. The van der Waals surface area contributed by atoms with Crippen LogP contribution in [0.3, 0.4) is 0 Å². The third-order valence-corrected chi connectivity index (χ3v) is 4.34. The minimum Gasteiger partial charge on any atom is -0.350 e. The van der Waals surface area contributed by atoms with Crippen molar-refractivity contribution in [1.82, 2.24) is 9.47 Å². The molecular formula is C18H17BrN2O. The molecule has 0 atom stereocenters. The first-order chi connectivity index (χ1) is 10.6. The summed E-state index contributed by atoms with van der Waals surface area (Å²) in [7, 11) is 3.81. The Hall–Kier alpha value is -2.07. The van der Waals surface area contributed by atoms with E-state index in [1.54, 1.807) is 4.90 Å². The molecular weight excluding hydrogens is 340 g/mol. The normalized spacial score (nSPS) is 10.9. The first-order valence-electron chi connectivity index (χ1n) is 7.10. The zero-order valence-corrected chi connectivity index (χ0v) is 14.2. The summed E-state index contributed by atoms with van der Waals surface area (Å²) in [6.07, 6.45) is 1.91. The molecule has 0 saturated heterocycles. The Morgan fingerprint density at radius 1 is 1.14 bits per heavy atom. The number of hydrogen-bond acceptors (Lipinski definition) is 1. The van der Waals surface area contributed by atoms with Crippen LogP contribution in [0.25, 0.3) is 10.9 Å². The summed E-state index contributed by atoms with van der Waals surface area (Å²) < 4.78 is 3.04. The number of benzene rings is 2. The number of nitrogens with zero attached hydrogens (tertiary/aromatic N) is 2. The molecule has 0 bridgehead atoms. The second kappa shape index (κ2) is 5.97. The van der Waals surface area contributed by atoms with Gasteiger partial charge in [-0.25, -0.2) is 0 Å². The fraction of sp³-hybridized carbons (Fsp3) is 0.167. The molecule has 0 aliphatic heterocycles. The van der Waals surface area contributed by atoms with Crippen LogP contribution in [0.1, 0.15) is 15.9 Å². The highest BCUT2D eigenvalue weighted by Gasteiger charge is 2.17. The number of para-hydroxylation sites is 1. The summed E-state index contributed by atoms with van der Waals surface area (Å²) in [4.78, 5) is 14.5. The first-order valence-corrected chi connectivity index (χ1v) is 7.89. The zero-order chi connectivity index (χ0) is 15.7. The summed E-state index contributed by atoms with van der Waals surface area (Å²) in [5.41, 5.74) is 2.93. The largest absolute Gasteiger partial charge is 0.350 e. The SMILES string of the molecule is CN(Cc1ccc(Br)cc1)C(=O)c1cn(C)c2ccccc12. The van der Waals surface area contributed by atoms with E-state index in [1.807, 2.05) is 73.4 Å². The van der Waals surface area contributed by atoms with Gasteiger partial charge >= 0.3 is 0 Å². The molecule has 0 saturated carbocycles. The van der Waals surface area contributed by atoms with Crippen LogP contribution in [0.5, 0.6) is 0 Å². The third-order valence-electron chi connectivity index (χ3n) is 3.81. The van der Waals surface area contributed by atoms with Crippen molar-refractivity contribution < 1.29 is 4.79 Å². The van der Waals surface area contributed by atoms with Gasteiger partial charge in [0.2, 0.25) is 0 Å². The van der Waals surface area contributed by atoms with Crippen LogP contribution >= 0.6 is 15.9 Å². The molecule has 3 aromatic rings. The monoisotopic (exact) mass is 356 g/mol. The van der Waals surface area contributed by atoms with Crippen LogP contribution < -0.4 is 0 Å². The van der Waals surface area contributed by atoms with Gasteiger partial charge in [-0.1, -0.05) is 46.3 Å². The van der Waals surface area contributed by atoms with E-state index < -0.39 is 0 Å². The van der Waals surface area contributed by atoms with Gasteiger partial charge in [0, 0.05) is 42.2 Å². The molecule has 4 heteroatoms. The lowest BCUT2D eigenvalue weighted by atomic mass is 10.1. The number of carbonyl (C=O) groups excluding carboxylic acids is 1. The molecule has 0 radical (unpaired) electrons. The topological polar surface area (TPSA) is 25.2 Å². The van der Waals surface area contributed by atoms with Crippen LogP contribution in [-0.2, 0) is 13.6 Å². The molecule has 0 spiro atoms. The molecule has 112 valence electrons. The van der Waals surface area contributed by atoms with E-state index in [1.165, 1.54) is 0 Å². The highest BCUT2D eigenvalue weighted by Crippen LogP contribution is 2.22. The molecule has 22 heavy (non-hydrogen) atoms. The van der Waals surface area contributed by atoms with E-state index in [4.69, 9.17) is 0 Å². The number of hydrogen-bond donors (Lipinski definition) is 0. The molecule has 1 amide bonds. The minimum absolute atomic E-state index is 0.0414. The number of aromatic nitrogens is 1. The lowest BCUT2D eigenvalue weighted by molar-refractivity contribution is 0.0787. The summed E-state index contributed by atoms with van der Waals surface area (Å²) in [5.74, 6) is 0.0414. The maximum atomic E-state index is 12.7. The van der Waals surface area contributed by atoms with Gasteiger partial charge in [-0.15, -0.1) is 0 Å². The van der Waals surface area contributed by atoms with Crippen LogP contribution in [0.2, 0.25) is 0 Å². The second-order valence-electron chi connectivity index (χ2n) is 5.46. The number of halogens is 1. The molecule has 3 nitrogen and oxygen atoms in total. The molecule has 0 N–H and O–H groups in total. The van der Waals surface area contributed by atoms with Crippen LogP contribution in [0, 0.1) is 0 Å². The van der Waals surface area contributed by atoms with Crippen molar-refractivity contribution in [3.8, 4) is 0 Å². The average Bonchev–Trinajstić information content (AvgIpc) is 2.86. The maximum Gasteiger partial charge on any atom is 0.256 e. The molecule has 2 aromatic carbocycles. The zero-order valence-electron chi connectivity index (χ0n) is 12.6. The molecule has 0 unspecified atom stereocenters. The molecule has 3 rings (SSSR count). The first kappa shape index (κ1) is 14.9. The highest BCUT2D eigenvalue weighted by atomic mass is 79.9. The fourth-order valence-electron chi connectivity index (χ4n) is 2.65. The summed E-state index contributed by atoms with van der Waals surface area (Å²) in [6.45, 7) is 0.593. The van der Waals surface area contributed by atoms with E-state index >= 15 is 0 Å². The van der Waals surface area contributed by atoms with Crippen molar-refractivity contribution in [3.63, 3.8) is 0 Å². The molecule has 0 aliphatic carbocycles. The highest BCUT2D eigenvalue weighted by molar-refractivity contribution is 9.10. The van der Waals surface area contributed by atoms with Crippen molar-refractivity contribution in [2.24, 2.45) is 7.05 Å². The van der Waals surface area contributed by atoms with Crippen molar-refractivity contribution >= 4 is 32.7 Å². The number of carbonyl (C=O) groups is 1. The third kappa shape index (κ3) is 2.79. The predicted molar refractivity (Wildman–Crippen MR) is 92.9 cm³/mol. The molecule has 0 aliphatic rings. The summed E-state index contributed by atoms with van der Waals surface area (Å²) in [6, 6.07) is 16.0. The Balaban J connectivity index is 1.87. The quantitative estimate of drug-likeness (QED) is 0.689. The fourth-order valence-corrected chi connectivity index (χ4v) is 2.92. The Morgan fingerprint density at radius 3 is 2.55 bits per heavy atom. The van der Waals surface area contributed by atoms with Gasteiger partial charge < -0.3 is 9.47 Å². The average molecular weight is 357 g/mol. The van der Waals surface area contributed by atoms with Crippen LogP contribution in [-0.4, -0.2) is 22.4 Å². The number of amides is 1. The van der Waals surface area contributed by atoms with Crippen LogP contribution in [0.4, 0.5) is 0 Å². The van der Waals surface area contributed by atoms with Crippen LogP contribution in [0.15, 0.2) is 59.2 Å². The van der Waals surface area contributed by atoms with Gasteiger partial charge in [0.05, 0.1) is 5.56 Å². The number of aryl methyl sites for hydroxylation is 1. The lowest BCUT2D eigenvalue weighted by Gasteiger charge is -2.17. The standard InChI is InChI=1S/C18H17BrN2O/c1-20-12-16(15-5-3-4-6-17(15)20)18(22)21(2)11-13-7-9-14(19)10-8-13/h3-10,12H,11H2,1-2H3. The summed E-state index contributed by atoms with van der Waals surface area (Å²) in [5, 5.41) is 0.998. The Labute approximate surface area is 138 Å². The minimum atomic E-state index is 0.0414. The van der Waals surface area contributed by atoms with Gasteiger partial charge in [0.15, 0.2) is 0 Å². The van der Waals surface area contributed by atoms with E-state index in [0.717, 1.165) is 26.5 Å². The van der Waals surface area contributed by atoms with E-state index in [0.29, 0.717) is 6.54 Å². The Morgan fingerprint density at radius 2 is 1.82 bits per heavy atom. The smallest absolute Gasteiger partial charge is 0.256 e. The van der Waals surface area contributed by atoms with Gasteiger partial charge in [-0.2, -0.15) is 0 Å². The molecule has 0 fully saturated rings. The number of rotatable bonds is 3. The van der Waals surface area contributed by atoms with Crippen molar-refractivity contribution in [1.29, 1.82) is 0 Å². The maximum absolute atomic E-state index is 12.7. The van der Waals surface area contributed by atoms with Crippen molar-refractivity contribution in [2.45, 2.75) is 6.54 Å².